The Kier molecular flexibility index (Phi) is 12.5. The van der Waals surface area contributed by atoms with Gasteiger partial charge in [0.15, 0.2) is 0 Å². The summed E-state index contributed by atoms with van der Waals surface area (Å²) < 4.78 is 6.39. The number of hydrazone groups is 1. The summed E-state index contributed by atoms with van der Waals surface area (Å²) in [5, 5.41) is 4.06. The van der Waals surface area contributed by atoms with Crippen LogP contribution in [0.3, 0.4) is 0 Å². The summed E-state index contributed by atoms with van der Waals surface area (Å²) in [7, 11) is 0. The molecule has 178 valence electrons. The fraction of sp³-hybridized carbons (Fsp3) is 0.444. The van der Waals surface area contributed by atoms with E-state index in [-0.39, 0.29) is 5.91 Å². The molecule has 0 aliphatic rings. The van der Waals surface area contributed by atoms with Crippen molar-refractivity contribution in [3.63, 3.8) is 0 Å². The number of aryl methyl sites for hydroxylation is 1. The van der Waals surface area contributed by atoms with Gasteiger partial charge in [-0.3, -0.25) is 4.79 Å². The molecule has 1 amide bonds. The Hall–Kier alpha value is -2.47. The zero-order chi connectivity index (χ0) is 23.9. The molecule has 0 aliphatic heterocycles. The quantitative estimate of drug-likeness (QED) is 0.0941. The number of ether oxygens (including phenoxy) is 1. The SMILES string of the molecule is CCCCCCCCCCCC(=O)N/N=C\c1cc(Br)ccc1OC(=O)c1cccc(C)c1. The Morgan fingerprint density at radius 2 is 1.67 bits per heavy atom. The minimum Gasteiger partial charge on any atom is -0.422 e. The van der Waals surface area contributed by atoms with E-state index in [1.165, 1.54) is 51.2 Å². The Balaban J connectivity index is 1.78. The second kappa shape index (κ2) is 15.4. The molecule has 2 rings (SSSR count). The standard InChI is InChI=1S/C27H35BrN2O3/c1-3-4-5-6-7-8-9-10-11-15-26(31)30-29-20-23-19-24(28)16-17-25(23)33-27(32)22-14-12-13-21(2)18-22/h12-14,16-20H,3-11,15H2,1-2H3,(H,30,31)/b29-20-. The summed E-state index contributed by atoms with van der Waals surface area (Å²) in [5.41, 5.74) is 4.63. The lowest BCUT2D eigenvalue weighted by Crippen LogP contribution is -2.17. The van der Waals surface area contributed by atoms with E-state index in [4.69, 9.17) is 4.74 Å². The average molecular weight is 515 g/mol. The summed E-state index contributed by atoms with van der Waals surface area (Å²) in [6.45, 7) is 4.15. The first-order valence-electron chi connectivity index (χ1n) is 11.9. The normalized spacial score (nSPS) is 11.0. The van der Waals surface area contributed by atoms with Crippen LogP contribution < -0.4 is 10.2 Å². The topological polar surface area (TPSA) is 67.8 Å². The van der Waals surface area contributed by atoms with Crippen molar-refractivity contribution in [3.05, 3.63) is 63.6 Å². The highest BCUT2D eigenvalue weighted by atomic mass is 79.9. The van der Waals surface area contributed by atoms with Crippen LogP contribution in [-0.4, -0.2) is 18.1 Å². The number of nitrogens with one attached hydrogen (secondary N) is 1. The van der Waals surface area contributed by atoms with Crippen LogP contribution in [0.15, 0.2) is 52.0 Å². The van der Waals surface area contributed by atoms with Crippen molar-refractivity contribution in [1.82, 2.24) is 5.43 Å². The molecule has 0 aliphatic carbocycles. The van der Waals surface area contributed by atoms with Crippen molar-refractivity contribution < 1.29 is 14.3 Å². The minimum absolute atomic E-state index is 0.109. The zero-order valence-electron chi connectivity index (χ0n) is 19.7. The fourth-order valence-electron chi connectivity index (χ4n) is 3.47. The summed E-state index contributed by atoms with van der Waals surface area (Å²) in [5.74, 6) is -0.172. The van der Waals surface area contributed by atoms with Gasteiger partial charge in [-0.05, 0) is 43.7 Å². The van der Waals surface area contributed by atoms with E-state index in [0.717, 1.165) is 22.9 Å². The third-order valence-corrected chi connectivity index (χ3v) is 5.82. The number of hydrogen-bond acceptors (Lipinski definition) is 4. The zero-order valence-corrected chi connectivity index (χ0v) is 21.3. The van der Waals surface area contributed by atoms with Crippen LogP contribution in [0, 0.1) is 6.92 Å². The van der Waals surface area contributed by atoms with E-state index < -0.39 is 5.97 Å². The second-order valence-electron chi connectivity index (χ2n) is 8.31. The lowest BCUT2D eigenvalue weighted by Gasteiger charge is -2.08. The predicted molar refractivity (Wildman–Crippen MR) is 138 cm³/mol. The van der Waals surface area contributed by atoms with Crippen LogP contribution in [0.2, 0.25) is 0 Å². The Bertz CT molecular complexity index is 927. The molecule has 6 heteroatoms. The Morgan fingerprint density at radius 1 is 0.970 bits per heavy atom. The van der Waals surface area contributed by atoms with Gasteiger partial charge in [0.25, 0.3) is 0 Å². The summed E-state index contributed by atoms with van der Waals surface area (Å²) >= 11 is 3.42. The fourth-order valence-corrected chi connectivity index (χ4v) is 3.85. The first-order chi connectivity index (χ1) is 16.0. The number of esters is 1. The van der Waals surface area contributed by atoms with E-state index in [1.54, 1.807) is 30.3 Å². The average Bonchev–Trinajstić information content (AvgIpc) is 2.79. The number of hydrogen-bond donors (Lipinski definition) is 1. The van der Waals surface area contributed by atoms with E-state index in [0.29, 0.717) is 23.3 Å². The third-order valence-electron chi connectivity index (χ3n) is 5.33. The number of rotatable bonds is 14. The molecule has 0 aromatic heterocycles. The second-order valence-corrected chi connectivity index (χ2v) is 9.23. The van der Waals surface area contributed by atoms with Gasteiger partial charge in [0.2, 0.25) is 5.91 Å². The van der Waals surface area contributed by atoms with E-state index in [1.807, 2.05) is 19.1 Å². The summed E-state index contributed by atoms with van der Waals surface area (Å²) in [4.78, 5) is 24.6. The first-order valence-corrected chi connectivity index (χ1v) is 12.7. The van der Waals surface area contributed by atoms with Gasteiger partial charge in [-0.25, -0.2) is 10.2 Å². The predicted octanol–water partition coefficient (Wildman–Crippen LogP) is 7.35. The minimum atomic E-state index is -0.440. The monoisotopic (exact) mass is 514 g/mol. The molecule has 0 heterocycles. The van der Waals surface area contributed by atoms with Crippen LogP contribution in [-0.2, 0) is 4.79 Å². The molecule has 0 unspecified atom stereocenters. The molecule has 1 N–H and O–H groups in total. The molecule has 5 nitrogen and oxygen atoms in total. The molecular formula is C27H35BrN2O3. The first kappa shape index (κ1) is 26.8. The molecular weight excluding hydrogens is 480 g/mol. The number of halogens is 1. The molecule has 2 aromatic rings. The lowest BCUT2D eigenvalue weighted by molar-refractivity contribution is -0.121. The molecule has 0 bridgehead atoms. The van der Waals surface area contributed by atoms with Crippen LogP contribution in [0.1, 0.15) is 92.6 Å². The number of nitrogens with zero attached hydrogens (tertiary/aromatic N) is 1. The van der Waals surface area contributed by atoms with Gasteiger partial charge >= 0.3 is 5.97 Å². The van der Waals surface area contributed by atoms with Gasteiger partial charge < -0.3 is 4.74 Å². The number of carbonyl (C=O) groups excluding carboxylic acids is 2. The summed E-state index contributed by atoms with van der Waals surface area (Å²) in [6.07, 6.45) is 12.9. The van der Waals surface area contributed by atoms with E-state index in [2.05, 4.69) is 33.4 Å². The number of carbonyl (C=O) groups is 2. The van der Waals surface area contributed by atoms with Gasteiger partial charge in [-0.1, -0.05) is 91.9 Å². The van der Waals surface area contributed by atoms with Crippen molar-refractivity contribution in [2.24, 2.45) is 5.10 Å². The van der Waals surface area contributed by atoms with Crippen LogP contribution >= 0.6 is 15.9 Å². The Labute approximate surface area is 206 Å². The maximum Gasteiger partial charge on any atom is 0.343 e. The number of unbranched alkanes of at least 4 members (excludes halogenated alkanes) is 8. The number of benzene rings is 2. The van der Waals surface area contributed by atoms with Crippen molar-refractivity contribution in [3.8, 4) is 5.75 Å². The third kappa shape index (κ3) is 10.8. The van der Waals surface area contributed by atoms with Crippen LogP contribution in [0.4, 0.5) is 0 Å². The van der Waals surface area contributed by atoms with Crippen molar-refractivity contribution in [1.29, 1.82) is 0 Å². The van der Waals surface area contributed by atoms with Gasteiger partial charge in [-0.2, -0.15) is 5.10 Å². The maximum absolute atomic E-state index is 12.5. The van der Waals surface area contributed by atoms with Crippen LogP contribution in [0.5, 0.6) is 5.75 Å². The van der Waals surface area contributed by atoms with Gasteiger partial charge in [0.1, 0.15) is 5.75 Å². The van der Waals surface area contributed by atoms with Gasteiger partial charge in [0.05, 0.1) is 11.8 Å². The Morgan fingerprint density at radius 3 is 2.36 bits per heavy atom. The van der Waals surface area contributed by atoms with Crippen LogP contribution in [0.25, 0.3) is 0 Å². The van der Waals surface area contributed by atoms with Crippen molar-refractivity contribution >= 4 is 34.0 Å². The van der Waals surface area contributed by atoms with Gasteiger partial charge in [-0.15, -0.1) is 0 Å². The number of amides is 1. The molecule has 0 saturated carbocycles. The highest BCUT2D eigenvalue weighted by Gasteiger charge is 2.12. The van der Waals surface area contributed by atoms with Gasteiger partial charge in [0, 0.05) is 16.5 Å². The smallest absolute Gasteiger partial charge is 0.343 e. The lowest BCUT2D eigenvalue weighted by atomic mass is 10.1. The molecule has 0 saturated heterocycles. The molecule has 33 heavy (non-hydrogen) atoms. The van der Waals surface area contributed by atoms with Crippen molar-refractivity contribution in [2.75, 3.05) is 0 Å². The largest absolute Gasteiger partial charge is 0.422 e. The highest BCUT2D eigenvalue weighted by Crippen LogP contribution is 2.23. The van der Waals surface area contributed by atoms with E-state index in [9.17, 15) is 9.59 Å². The van der Waals surface area contributed by atoms with Crippen molar-refractivity contribution in [2.45, 2.75) is 78.1 Å². The molecule has 0 radical (unpaired) electrons. The molecule has 2 aromatic carbocycles. The summed E-state index contributed by atoms with van der Waals surface area (Å²) in [6, 6.07) is 12.5. The maximum atomic E-state index is 12.5. The molecule has 0 spiro atoms. The highest BCUT2D eigenvalue weighted by molar-refractivity contribution is 9.10. The molecule has 0 atom stereocenters. The van der Waals surface area contributed by atoms with E-state index >= 15 is 0 Å². The molecule has 0 fully saturated rings.